The van der Waals surface area contributed by atoms with Crippen LogP contribution in [0.4, 0.5) is 13.2 Å². The van der Waals surface area contributed by atoms with Gasteiger partial charge in [-0.3, -0.25) is 0 Å². The molecule has 0 saturated heterocycles. The molecule has 0 aliphatic carbocycles. The molecular weight excluding hydrogens is 405 g/mol. The summed E-state index contributed by atoms with van der Waals surface area (Å²) in [4.78, 5) is 3.66. The maximum Gasteiger partial charge on any atom is 0.416 e. The van der Waals surface area contributed by atoms with Crippen LogP contribution in [0.1, 0.15) is 5.56 Å². The molecule has 0 aliphatic heterocycles. The zero-order chi connectivity index (χ0) is 21.0. The van der Waals surface area contributed by atoms with Gasteiger partial charge in [-0.2, -0.15) is 24.1 Å². The first-order chi connectivity index (χ1) is 14.5. The van der Waals surface area contributed by atoms with Gasteiger partial charge in [-0.25, -0.2) is 0 Å². The van der Waals surface area contributed by atoms with E-state index in [1.54, 1.807) is 0 Å². The van der Waals surface area contributed by atoms with Crippen LogP contribution in [0.2, 0.25) is 0 Å². The third kappa shape index (κ3) is 4.69. The Morgan fingerprint density at radius 2 is 0.900 bits per heavy atom. The fourth-order valence-corrected chi connectivity index (χ4v) is 5.39. The molecule has 0 fully saturated rings. The fourth-order valence-electron chi connectivity index (χ4n) is 3.11. The van der Waals surface area contributed by atoms with Gasteiger partial charge in [-0.05, 0) is 87.5 Å². The molecule has 0 heterocycles. The van der Waals surface area contributed by atoms with Gasteiger partial charge >= 0.3 is 6.18 Å². The minimum absolute atomic E-state index is 0.365. The molecule has 0 amide bonds. The van der Waals surface area contributed by atoms with Crippen LogP contribution in [0, 0.1) is 0 Å². The lowest BCUT2D eigenvalue weighted by atomic mass is 10.2. The second-order valence-corrected chi connectivity index (χ2v) is 8.84. The Hall–Kier alpha value is -3.18. The normalized spacial score (nSPS) is 11.8. The monoisotopic (exact) mass is 424 g/mol. The van der Waals surface area contributed by atoms with Gasteiger partial charge in [0.25, 0.3) is 0 Å². The molecule has 1 nitrogen and oxygen atoms in total. The van der Waals surface area contributed by atoms with Crippen molar-refractivity contribution in [3.8, 4) is 11.5 Å². The number of benzene rings is 4. The van der Waals surface area contributed by atoms with E-state index >= 15 is 0 Å². The molecule has 4 aromatic rings. The van der Waals surface area contributed by atoms with Crippen molar-refractivity contribution in [2.45, 2.75) is 20.9 Å². The van der Waals surface area contributed by atoms with Gasteiger partial charge < -0.3 is 4.74 Å². The van der Waals surface area contributed by atoms with Crippen LogP contribution in [0.15, 0.2) is 124 Å². The molecule has 0 bridgehead atoms. The first-order valence-corrected chi connectivity index (χ1v) is 10.7. The van der Waals surface area contributed by atoms with Crippen LogP contribution >= 0.6 is 10.9 Å². The second-order valence-electron chi connectivity index (χ2n) is 6.62. The molecule has 0 saturated carbocycles. The fraction of sp³-hybridized carbons (Fsp3) is 0.0400. The Morgan fingerprint density at radius 1 is 0.500 bits per heavy atom. The van der Waals surface area contributed by atoms with Gasteiger partial charge in [0.2, 0.25) is 0 Å². The quantitative estimate of drug-likeness (QED) is 0.320. The van der Waals surface area contributed by atoms with Gasteiger partial charge in [-0.1, -0.05) is 36.4 Å². The van der Waals surface area contributed by atoms with Crippen molar-refractivity contribution in [3.05, 3.63) is 115 Å². The molecule has 0 radical (unpaired) electrons. The lowest BCUT2D eigenvalue weighted by Gasteiger charge is -2.23. The Kier molecular flexibility index (Phi) is 5.81. The summed E-state index contributed by atoms with van der Waals surface area (Å²) in [5.74, 6) is 0.943. The van der Waals surface area contributed by atoms with Crippen LogP contribution < -0.4 is 4.74 Å². The molecule has 0 aromatic heterocycles. The van der Waals surface area contributed by atoms with Crippen LogP contribution in [-0.4, -0.2) is 0 Å². The van der Waals surface area contributed by atoms with Gasteiger partial charge in [0.15, 0.2) is 0 Å². The van der Waals surface area contributed by atoms with E-state index in [-0.39, 0.29) is 0 Å². The van der Waals surface area contributed by atoms with E-state index in [0.29, 0.717) is 11.5 Å². The third-order valence-corrected chi connectivity index (χ3v) is 6.98. The van der Waals surface area contributed by atoms with E-state index in [4.69, 9.17) is 4.74 Å². The molecule has 4 aromatic carbocycles. The number of alkyl halides is 3. The minimum Gasteiger partial charge on any atom is -0.457 e. The number of hydrogen-bond donors (Lipinski definition) is 1. The summed E-state index contributed by atoms with van der Waals surface area (Å²) in [6, 6.07) is 33.1. The molecule has 0 aliphatic rings. The van der Waals surface area contributed by atoms with E-state index in [0.717, 1.165) is 12.1 Å². The van der Waals surface area contributed by atoms with Gasteiger partial charge in [-0.15, -0.1) is 0 Å². The van der Waals surface area contributed by atoms with Crippen LogP contribution in [0.25, 0.3) is 0 Å². The van der Waals surface area contributed by atoms with E-state index in [9.17, 15) is 13.2 Å². The van der Waals surface area contributed by atoms with Crippen molar-refractivity contribution in [1.29, 1.82) is 0 Å². The van der Waals surface area contributed by atoms with E-state index < -0.39 is 22.6 Å². The minimum atomic E-state index is -4.35. The Bertz CT molecular complexity index is 1040. The summed E-state index contributed by atoms with van der Waals surface area (Å²) in [6.07, 6.45) is -4.35. The highest BCUT2D eigenvalue weighted by molar-refractivity contribution is 8.17. The molecular formula is C25H19F3OS. The van der Waals surface area contributed by atoms with E-state index in [2.05, 4.69) is 24.3 Å². The summed E-state index contributed by atoms with van der Waals surface area (Å²) < 4.78 is 43.9. The standard InChI is InChI=1S/C25H19F3OS/c26-25(27,28)19-11-13-20(14-12-19)29-21-15-17-24(18-16-21)30(22-7-3-1-4-8-22)23-9-5-2-6-10-23/h1-18,30H. The first-order valence-electron chi connectivity index (χ1n) is 9.36. The highest BCUT2D eigenvalue weighted by Gasteiger charge is 2.30. The Labute approximate surface area is 176 Å². The lowest BCUT2D eigenvalue weighted by Crippen LogP contribution is -2.03. The number of ether oxygens (including phenoxy) is 1. The van der Waals surface area contributed by atoms with Crippen LogP contribution in [0.3, 0.4) is 0 Å². The highest BCUT2D eigenvalue weighted by Crippen LogP contribution is 2.51. The molecule has 0 N–H and O–H groups in total. The number of hydrogen-bond acceptors (Lipinski definition) is 1. The summed E-state index contributed by atoms with van der Waals surface area (Å²) in [6.45, 7) is 0. The number of thiol groups is 1. The third-order valence-electron chi connectivity index (χ3n) is 4.54. The largest absolute Gasteiger partial charge is 0.457 e. The van der Waals surface area contributed by atoms with Crippen molar-refractivity contribution in [2.24, 2.45) is 0 Å². The molecule has 0 spiro atoms. The summed E-state index contributed by atoms with van der Waals surface area (Å²) in [5.41, 5.74) is -0.693. The molecule has 152 valence electrons. The van der Waals surface area contributed by atoms with Crippen molar-refractivity contribution in [3.63, 3.8) is 0 Å². The highest BCUT2D eigenvalue weighted by atomic mass is 32.2. The molecule has 0 atom stereocenters. The van der Waals surface area contributed by atoms with Gasteiger partial charge in [0, 0.05) is 0 Å². The molecule has 4 rings (SSSR count). The summed E-state index contributed by atoms with van der Waals surface area (Å²) in [7, 11) is -0.716. The summed E-state index contributed by atoms with van der Waals surface area (Å²) in [5, 5.41) is 0. The van der Waals surface area contributed by atoms with Crippen molar-refractivity contribution >= 4 is 10.9 Å². The second kappa shape index (κ2) is 8.67. The average molecular weight is 424 g/mol. The molecule has 0 unspecified atom stereocenters. The smallest absolute Gasteiger partial charge is 0.416 e. The maximum atomic E-state index is 12.7. The van der Waals surface area contributed by atoms with Crippen LogP contribution in [-0.2, 0) is 6.18 Å². The van der Waals surface area contributed by atoms with Crippen molar-refractivity contribution in [2.75, 3.05) is 0 Å². The average Bonchev–Trinajstić information content (AvgIpc) is 2.76. The van der Waals surface area contributed by atoms with E-state index in [1.165, 1.54) is 26.8 Å². The summed E-state index contributed by atoms with van der Waals surface area (Å²) >= 11 is 0. The van der Waals surface area contributed by atoms with Gasteiger partial charge in [0.05, 0.1) is 5.56 Å². The predicted octanol–water partition coefficient (Wildman–Crippen LogP) is 7.98. The topological polar surface area (TPSA) is 9.23 Å². The Morgan fingerprint density at radius 3 is 1.33 bits per heavy atom. The first kappa shape index (κ1) is 20.1. The Balaban J connectivity index is 1.58. The molecule has 5 heteroatoms. The molecule has 30 heavy (non-hydrogen) atoms. The van der Waals surface area contributed by atoms with Gasteiger partial charge in [0.1, 0.15) is 11.5 Å². The zero-order valence-electron chi connectivity index (χ0n) is 15.9. The van der Waals surface area contributed by atoms with E-state index in [1.807, 2.05) is 60.7 Å². The predicted molar refractivity (Wildman–Crippen MR) is 115 cm³/mol. The SMILES string of the molecule is FC(F)(F)c1ccc(Oc2ccc([SH](c3ccccc3)c3ccccc3)cc2)cc1. The number of halogens is 3. The maximum absolute atomic E-state index is 12.7. The number of rotatable bonds is 5. The van der Waals surface area contributed by atoms with Crippen molar-refractivity contribution < 1.29 is 17.9 Å². The van der Waals surface area contributed by atoms with Crippen LogP contribution in [0.5, 0.6) is 11.5 Å². The lowest BCUT2D eigenvalue weighted by molar-refractivity contribution is -0.137. The van der Waals surface area contributed by atoms with Crippen molar-refractivity contribution in [1.82, 2.24) is 0 Å². The zero-order valence-corrected chi connectivity index (χ0v) is 16.8.